The lowest BCUT2D eigenvalue weighted by Crippen LogP contribution is -2.60. The van der Waals surface area contributed by atoms with Gasteiger partial charge in [0.05, 0.1) is 18.2 Å². The largest absolute Gasteiger partial charge is 0.497 e. The van der Waals surface area contributed by atoms with Crippen LogP contribution in [0.15, 0.2) is 36.4 Å². The van der Waals surface area contributed by atoms with E-state index < -0.39 is 58.2 Å². The summed E-state index contributed by atoms with van der Waals surface area (Å²) in [4.78, 5) is 30.0. The minimum absolute atomic E-state index is 0.149. The van der Waals surface area contributed by atoms with Crippen molar-refractivity contribution < 1.29 is 41.0 Å². The van der Waals surface area contributed by atoms with E-state index >= 15 is 0 Å². The predicted molar refractivity (Wildman–Crippen MR) is 184 cm³/mol. The Hall–Kier alpha value is -3.62. The molecule has 4 atom stereocenters. The Bertz CT molecular complexity index is 2040. The van der Waals surface area contributed by atoms with Gasteiger partial charge < -0.3 is 19.3 Å². The van der Waals surface area contributed by atoms with E-state index in [1.54, 1.807) is 24.1 Å². The van der Waals surface area contributed by atoms with Crippen LogP contribution in [-0.2, 0) is 21.5 Å². The molecule has 14 heteroatoms. The molecule has 2 bridgehead atoms. The highest BCUT2D eigenvalue weighted by Gasteiger charge is 2.68. The molecule has 3 aromatic rings. The molecule has 1 aromatic heterocycles. The van der Waals surface area contributed by atoms with E-state index in [4.69, 9.17) is 4.74 Å². The van der Waals surface area contributed by atoms with Gasteiger partial charge in [-0.25, -0.2) is 4.72 Å². The fourth-order valence-corrected chi connectivity index (χ4v) is 10.3. The molecule has 5 aliphatic rings. The first-order valence-corrected chi connectivity index (χ1v) is 19.2. The number of halogens is 3. The molecule has 0 spiro atoms. The highest BCUT2D eigenvalue weighted by molar-refractivity contribution is 7.87. The van der Waals surface area contributed by atoms with Gasteiger partial charge in [0.15, 0.2) is 5.60 Å². The molecule has 2 N–H and O–H groups in total. The lowest BCUT2D eigenvalue weighted by molar-refractivity contribution is -0.278. The Morgan fingerprint density at radius 1 is 0.980 bits per heavy atom. The third-order valence-corrected chi connectivity index (χ3v) is 13.8. The average Bonchev–Trinajstić information content (AvgIpc) is 3.67. The molecule has 2 amide bonds. The van der Waals surface area contributed by atoms with Crippen molar-refractivity contribution >= 4 is 32.9 Å². The molecular weight excluding hydrogens is 685 g/mol. The zero-order valence-electron chi connectivity index (χ0n) is 28.9. The third-order valence-electron chi connectivity index (χ3n) is 12.4. The van der Waals surface area contributed by atoms with Crippen molar-refractivity contribution in [1.82, 2.24) is 18.5 Å². The molecule has 51 heavy (non-hydrogen) atoms. The highest BCUT2D eigenvalue weighted by Crippen LogP contribution is 2.67. The van der Waals surface area contributed by atoms with E-state index in [9.17, 15) is 36.3 Å². The minimum atomic E-state index is -4.79. The molecule has 2 aromatic carbocycles. The second-order valence-corrected chi connectivity index (χ2v) is 17.4. The molecule has 2 saturated carbocycles. The molecule has 4 unspecified atom stereocenters. The molecule has 3 aliphatic heterocycles. The van der Waals surface area contributed by atoms with Gasteiger partial charge in [0.2, 0.25) is 5.91 Å². The van der Waals surface area contributed by atoms with Gasteiger partial charge in [-0.2, -0.15) is 25.9 Å². The number of carbonyl (C=O) groups excluding carboxylic acids is 2. The van der Waals surface area contributed by atoms with Crippen molar-refractivity contribution in [3.8, 4) is 17.0 Å². The van der Waals surface area contributed by atoms with Crippen molar-refractivity contribution in [3.63, 3.8) is 0 Å². The normalized spacial score (nSPS) is 28.9. The van der Waals surface area contributed by atoms with Crippen LogP contribution in [0.1, 0.15) is 97.5 Å². The van der Waals surface area contributed by atoms with Gasteiger partial charge >= 0.3 is 16.4 Å². The molecule has 4 fully saturated rings. The lowest BCUT2D eigenvalue weighted by Gasteiger charge is -2.45. The molecule has 2 aliphatic carbocycles. The summed E-state index contributed by atoms with van der Waals surface area (Å²) < 4.78 is 78.0. The van der Waals surface area contributed by atoms with E-state index in [1.807, 2.05) is 24.3 Å². The van der Waals surface area contributed by atoms with E-state index in [0.717, 1.165) is 64.2 Å². The van der Waals surface area contributed by atoms with Gasteiger partial charge in [-0.15, -0.1) is 0 Å². The summed E-state index contributed by atoms with van der Waals surface area (Å²) in [5, 5.41) is 11.6. The Labute approximate surface area is 295 Å². The number of ether oxygens (including phenoxy) is 1. The van der Waals surface area contributed by atoms with Crippen molar-refractivity contribution in [2.75, 3.05) is 21.2 Å². The second kappa shape index (κ2) is 11.7. The predicted octanol–water partition coefficient (Wildman–Crippen LogP) is 5.83. The van der Waals surface area contributed by atoms with Gasteiger partial charge in [-0.05, 0) is 79.5 Å². The van der Waals surface area contributed by atoms with Crippen molar-refractivity contribution in [3.05, 3.63) is 53.1 Å². The number of hydrogen-bond acceptors (Lipinski definition) is 6. The summed E-state index contributed by atoms with van der Waals surface area (Å²) in [6.45, 7) is 0.243. The SMILES string of the molecule is COc1ccc2c(c1)C1CC1(C(=O)N1C3CCC1CC(O)(C(F)(F)F)C3)Cn1c-2c(C2CCCCC2)c2ccc(C(=O)NS(=O)(=O)N(C)C)cc21. The van der Waals surface area contributed by atoms with Gasteiger partial charge in [0, 0.05) is 73.5 Å². The molecule has 274 valence electrons. The topological polar surface area (TPSA) is 121 Å². The maximum absolute atomic E-state index is 15.0. The number of alkyl halides is 3. The Balaban J connectivity index is 1.29. The molecule has 10 nitrogen and oxygen atoms in total. The summed E-state index contributed by atoms with van der Waals surface area (Å²) in [6.07, 6.45) is 0.672. The first kappa shape index (κ1) is 34.5. The Morgan fingerprint density at radius 3 is 2.29 bits per heavy atom. The van der Waals surface area contributed by atoms with Gasteiger partial charge in [0.1, 0.15) is 5.75 Å². The van der Waals surface area contributed by atoms with Gasteiger partial charge in [-0.1, -0.05) is 25.3 Å². The number of fused-ring (bicyclic) bond motifs is 9. The van der Waals surface area contributed by atoms with Crippen LogP contribution in [0.4, 0.5) is 13.2 Å². The zero-order valence-corrected chi connectivity index (χ0v) is 29.7. The number of carbonyl (C=O) groups is 2. The van der Waals surface area contributed by atoms with E-state index in [0.29, 0.717) is 30.5 Å². The van der Waals surface area contributed by atoms with E-state index in [2.05, 4.69) is 9.29 Å². The number of piperidine rings is 1. The van der Waals surface area contributed by atoms with Crippen LogP contribution in [0, 0.1) is 5.41 Å². The quantitative estimate of drug-likeness (QED) is 0.330. The number of nitrogens with one attached hydrogen (secondary N) is 1. The van der Waals surface area contributed by atoms with E-state index in [1.165, 1.54) is 14.1 Å². The van der Waals surface area contributed by atoms with Crippen LogP contribution in [0.25, 0.3) is 22.2 Å². The summed E-state index contributed by atoms with van der Waals surface area (Å²) in [6, 6.07) is 9.67. The number of methoxy groups -OCH3 is 1. The number of aromatic nitrogens is 1. The smallest absolute Gasteiger partial charge is 0.417 e. The van der Waals surface area contributed by atoms with Crippen LogP contribution >= 0.6 is 0 Å². The molecule has 8 rings (SSSR count). The molecule has 0 radical (unpaired) electrons. The highest BCUT2D eigenvalue weighted by atomic mass is 32.2. The lowest BCUT2D eigenvalue weighted by atomic mass is 9.81. The number of nitrogens with zero attached hydrogens (tertiary/aromatic N) is 3. The third kappa shape index (κ3) is 5.29. The summed E-state index contributed by atoms with van der Waals surface area (Å²) in [7, 11) is 0.184. The van der Waals surface area contributed by atoms with Crippen LogP contribution < -0.4 is 9.46 Å². The second-order valence-electron chi connectivity index (χ2n) is 15.5. The summed E-state index contributed by atoms with van der Waals surface area (Å²) in [5.41, 5.74) is 1.07. The average molecular weight is 729 g/mol. The van der Waals surface area contributed by atoms with Gasteiger partial charge in [0.25, 0.3) is 5.91 Å². The van der Waals surface area contributed by atoms with Crippen molar-refractivity contribution in [2.24, 2.45) is 5.41 Å². The van der Waals surface area contributed by atoms with E-state index in [-0.39, 0.29) is 29.9 Å². The fourth-order valence-electron chi connectivity index (χ4n) is 9.73. The fraction of sp³-hybridized carbons (Fsp3) is 0.568. The van der Waals surface area contributed by atoms with Crippen molar-refractivity contribution in [2.45, 2.75) is 106 Å². The summed E-state index contributed by atoms with van der Waals surface area (Å²) >= 11 is 0. The zero-order chi connectivity index (χ0) is 36.2. The minimum Gasteiger partial charge on any atom is -0.497 e. The monoisotopic (exact) mass is 728 g/mol. The van der Waals surface area contributed by atoms with Crippen LogP contribution in [0.2, 0.25) is 0 Å². The molecular formula is C37H43F3N4O6S. The number of amides is 2. The van der Waals surface area contributed by atoms with Crippen LogP contribution in [-0.4, -0.2) is 84.2 Å². The number of aliphatic hydroxyl groups is 1. The number of rotatable bonds is 6. The number of benzene rings is 2. The summed E-state index contributed by atoms with van der Waals surface area (Å²) in [5.74, 6) is -0.335. The van der Waals surface area contributed by atoms with Gasteiger partial charge in [-0.3, -0.25) is 9.59 Å². The first-order valence-electron chi connectivity index (χ1n) is 17.8. The first-order chi connectivity index (χ1) is 24.1. The Morgan fingerprint density at radius 2 is 1.67 bits per heavy atom. The standard InChI is InChI=1S/C37H43F3N4O6S/c1-42(2)51(48,49)41-33(45)22-9-13-27-30(15-22)43-20-35(34(46)44-23-10-11-24(44)18-36(47,17-23)37(38,39)40)19-29(35)28-16-25(50-3)12-14-26(28)32(43)31(27)21-7-5-4-6-8-21/h9,12-16,21,23-24,29,47H,4-8,10-11,17-20H2,1-3H3,(H,41,45). The molecule has 4 heterocycles. The Kier molecular flexibility index (Phi) is 7.90. The van der Waals surface area contributed by atoms with Crippen molar-refractivity contribution in [1.29, 1.82) is 0 Å². The van der Waals surface area contributed by atoms with Crippen LogP contribution in [0.3, 0.4) is 0 Å². The maximum atomic E-state index is 15.0. The number of hydrogen-bond donors (Lipinski definition) is 2. The molecule has 2 saturated heterocycles. The maximum Gasteiger partial charge on any atom is 0.417 e. The van der Waals surface area contributed by atoms with Crippen LogP contribution in [0.5, 0.6) is 5.75 Å².